The van der Waals surface area contributed by atoms with Crippen molar-refractivity contribution < 1.29 is 0 Å². The van der Waals surface area contributed by atoms with Crippen molar-refractivity contribution in [1.82, 2.24) is 15.3 Å². The number of nitrogens with zero attached hydrogens (tertiary/aromatic N) is 2. The zero-order valence-electron chi connectivity index (χ0n) is 12.0. The van der Waals surface area contributed by atoms with E-state index in [1.165, 1.54) is 5.56 Å². The average Bonchev–Trinajstić information content (AvgIpc) is 3.03. The number of halogens is 1. The molecule has 0 aliphatic carbocycles. The molecule has 22 heavy (non-hydrogen) atoms. The van der Waals surface area contributed by atoms with Crippen LogP contribution in [-0.2, 0) is 13.0 Å². The standard InChI is InChI=1S/C17H16ClN3S/c18-15-5-3-13(4-6-15)7-9-20-12-17-21-11-16(22-17)14-2-1-8-19-10-14/h1-6,8,10-11,20H,7,9,12H2. The molecule has 3 nitrogen and oxygen atoms in total. The minimum absolute atomic E-state index is 0.780. The summed E-state index contributed by atoms with van der Waals surface area (Å²) in [5.74, 6) is 0. The van der Waals surface area contributed by atoms with Crippen LogP contribution >= 0.6 is 22.9 Å². The molecule has 5 heteroatoms. The van der Waals surface area contributed by atoms with Crippen LogP contribution in [0.2, 0.25) is 5.02 Å². The number of benzene rings is 1. The van der Waals surface area contributed by atoms with E-state index in [-0.39, 0.29) is 0 Å². The third-order valence-corrected chi connectivity index (χ3v) is 4.58. The van der Waals surface area contributed by atoms with Gasteiger partial charge in [-0.25, -0.2) is 4.98 Å². The molecule has 0 fully saturated rings. The summed E-state index contributed by atoms with van der Waals surface area (Å²) >= 11 is 7.58. The quantitative estimate of drug-likeness (QED) is 0.689. The Balaban J connectivity index is 1.48. The monoisotopic (exact) mass is 329 g/mol. The van der Waals surface area contributed by atoms with E-state index in [1.54, 1.807) is 17.5 Å². The highest BCUT2D eigenvalue weighted by Gasteiger charge is 2.04. The van der Waals surface area contributed by atoms with Crippen LogP contribution in [0, 0.1) is 0 Å². The van der Waals surface area contributed by atoms with Crippen LogP contribution in [0.4, 0.5) is 0 Å². The second-order valence-corrected chi connectivity index (χ2v) is 6.46. The first kappa shape index (κ1) is 15.2. The molecule has 3 aromatic rings. The zero-order chi connectivity index (χ0) is 15.2. The SMILES string of the molecule is Clc1ccc(CCNCc2ncc(-c3cccnc3)s2)cc1. The Bertz CT molecular complexity index is 710. The van der Waals surface area contributed by atoms with Crippen LogP contribution in [0.3, 0.4) is 0 Å². The van der Waals surface area contributed by atoms with Gasteiger partial charge in [0, 0.05) is 35.7 Å². The Morgan fingerprint density at radius 3 is 2.73 bits per heavy atom. The van der Waals surface area contributed by atoms with Crippen LogP contribution in [0.5, 0.6) is 0 Å². The van der Waals surface area contributed by atoms with Crippen LogP contribution in [0.25, 0.3) is 10.4 Å². The Morgan fingerprint density at radius 1 is 1.09 bits per heavy atom. The highest BCUT2D eigenvalue weighted by Crippen LogP contribution is 2.24. The van der Waals surface area contributed by atoms with Crippen molar-refractivity contribution in [3.05, 3.63) is 70.6 Å². The molecule has 0 unspecified atom stereocenters. The average molecular weight is 330 g/mol. The zero-order valence-corrected chi connectivity index (χ0v) is 13.6. The summed E-state index contributed by atoms with van der Waals surface area (Å²) in [4.78, 5) is 9.75. The van der Waals surface area contributed by atoms with Gasteiger partial charge < -0.3 is 5.32 Å². The van der Waals surface area contributed by atoms with Gasteiger partial charge in [-0.05, 0) is 36.7 Å². The summed E-state index contributed by atoms with van der Waals surface area (Å²) in [6.45, 7) is 1.71. The van der Waals surface area contributed by atoms with Gasteiger partial charge in [-0.2, -0.15) is 0 Å². The summed E-state index contributed by atoms with van der Waals surface area (Å²) in [5, 5.41) is 5.30. The molecule has 1 aromatic carbocycles. The third-order valence-electron chi connectivity index (χ3n) is 3.28. The molecule has 0 radical (unpaired) electrons. The van der Waals surface area contributed by atoms with E-state index in [0.717, 1.165) is 40.0 Å². The molecule has 3 rings (SSSR count). The highest BCUT2D eigenvalue weighted by molar-refractivity contribution is 7.15. The molecule has 0 aliphatic rings. The molecule has 0 aliphatic heterocycles. The van der Waals surface area contributed by atoms with Crippen molar-refractivity contribution in [3.63, 3.8) is 0 Å². The fourth-order valence-corrected chi connectivity index (χ4v) is 3.12. The minimum Gasteiger partial charge on any atom is -0.310 e. The number of rotatable bonds is 6. The second-order valence-electron chi connectivity index (χ2n) is 4.91. The smallest absolute Gasteiger partial charge is 0.107 e. The second kappa shape index (κ2) is 7.49. The molecule has 0 saturated heterocycles. The van der Waals surface area contributed by atoms with E-state index in [0.29, 0.717) is 0 Å². The Labute approximate surface area is 139 Å². The number of pyridine rings is 1. The highest BCUT2D eigenvalue weighted by atomic mass is 35.5. The van der Waals surface area contributed by atoms with Crippen molar-refractivity contribution in [2.24, 2.45) is 0 Å². The molecule has 0 atom stereocenters. The number of hydrogen-bond donors (Lipinski definition) is 1. The minimum atomic E-state index is 0.780. The largest absolute Gasteiger partial charge is 0.310 e. The van der Waals surface area contributed by atoms with Gasteiger partial charge in [-0.15, -0.1) is 11.3 Å². The molecular formula is C17H16ClN3S. The van der Waals surface area contributed by atoms with E-state index >= 15 is 0 Å². The topological polar surface area (TPSA) is 37.8 Å². The van der Waals surface area contributed by atoms with E-state index < -0.39 is 0 Å². The van der Waals surface area contributed by atoms with Gasteiger partial charge >= 0.3 is 0 Å². The van der Waals surface area contributed by atoms with Gasteiger partial charge in [0.2, 0.25) is 0 Å². The lowest BCUT2D eigenvalue weighted by atomic mass is 10.1. The normalized spacial score (nSPS) is 10.8. The molecule has 0 spiro atoms. The lowest BCUT2D eigenvalue weighted by molar-refractivity contribution is 0.684. The fraction of sp³-hybridized carbons (Fsp3) is 0.176. The summed E-state index contributed by atoms with van der Waals surface area (Å²) in [7, 11) is 0. The summed E-state index contributed by atoms with van der Waals surface area (Å²) < 4.78 is 0. The van der Waals surface area contributed by atoms with E-state index in [9.17, 15) is 0 Å². The lowest BCUT2D eigenvalue weighted by Gasteiger charge is -2.03. The van der Waals surface area contributed by atoms with Crippen LogP contribution < -0.4 is 5.32 Å². The van der Waals surface area contributed by atoms with Crippen molar-refractivity contribution in [2.75, 3.05) is 6.54 Å². The molecule has 112 valence electrons. The third kappa shape index (κ3) is 4.13. The first-order valence-corrected chi connectivity index (χ1v) is 8.31. The van der Waals surface area contributed by atoms with Crippen LogP contribution in [0.15, 0.2) is 55.0 Å². The first-order chi connectivity index (χ1) is 10.8. The van der Waals surface area contributed by atoms with Crippen molar-refractivity contribution in [1.29, 1.82) is 0 Å². The molecule has 2 aromatic heterocycles. The van der Waals surface area contributed by atoms with Gasteiger partial charge in [0.1, 0.15) is 5.01 Å². The predicted octanol–water partition coefficient (Wildman–Crippen LogP) is 4.19. The lowest BCUT2D eigenvalue weighted by Crippen LogP contribution is -2.16. The maximum atomic E-state index is 5.88. The van der Waals surface area contributed by atoms with Crippen molar-refractivity contribution in [2.45, 2.75) is 13.0 Å². The summed E-state index contributed by atoms with van der Waals surface area (Å²) in [5.41, 5.74) is 2.40. The Morgan fingerprint density at radius 2 is 1.95 bits per heavy atom. The number of nitrogens with one attached hydrogen (secondary N) is 1. The van der Waals surface area contributed by atoms with Gasteiger partial charge in [0.05, 0.1) is 4.88 Å². The maximum Gasteiger partial charge on any atom is 0.107 e. The summed E-state index contributed by atoms with van der Waals surface area (Å²) in [6, 6.07) is 12.0. The first-order valence-electron chi connectivity index (χ1n) is 7.11. The molecule has 0 bridgehead atoms. The molecule has 0 saturated carbocycles. The van der Waals surface area contributed by atoms with Crippen LogP contribution in [-0.4, -0.2) is 16.5 Å². The van der Waals surface area contributed by atoms with Crippen molar-refractivity contribution >= 4 is 22.9 Å². The fourth-order valence-electron chi connectivity index (χ4n) is 2.11. The van der Waals surface area contributed by atoms with E-state index in [1.807, 2.05) is 30.6 Å². The van der Waals surface area contributed by atoms with Crippen LogP contribution in [0.1, 0.15) is 10.6 Å². The molecular weight excluding hydrogens is 314 g/mol. The molecule has 2 heterocycles. The molecule has 0 amide bonds. The van der Waals surface area contributed by atoms with Gasteiger partial charge in [-0.1, -0.05) is 29.8 Å². The van der Waals surface area contributed by atoms with Gasteiger partial charge in [0.25, 0.3) is 0 Å². The predicted molar refractivity (Wildman–Crippen MR) is 92.2 cm³/mol. The van der Waals surface area contributed by atoms with Crippen molar-refractivity contribution in [3.8, 4) is 10.4 Å². The molecule has 1 N–H and O–H groups in total. The Hall–Kier alpha value is -1.75. The number of aromatic nitrogens is 2. The van der Waals surface area contributed by atoms with E-state index in [2.05, 4.69) is 33.5 Å². The van der Waals surface area contributed by atoms with Gasteiger partial charge in [0.15, 0.2) is 0 Å². The van der Waals surface area contributed by atoms with E-state index in [4.69, 9.17) is 11.6 Å². The Kier molecular flexibility index (Phi) is 5.16. The number of hydrogen-bond acceptors (Lipinski definition) is 4. The number of thiazole rings is 1. The maximum absolute atomic E-state index is 5.88. The summed E-state index contributed by atoms with van der Waals surface area (Å²) in [6.07, 6.45) is 6.55. The van der Waals surface area contributed by atoms with Gasteiger partial charge in [-0.3, -0.25) is 4.98 Å².